The summed E-state index contributed by atoms with van der Waals surface area (Å²) in [6, 6.07) is 14.4. The Morgan fingerprint density at radius 3 is 2.62 bits per heavy atom. The third-order valence-corrected chi connectivity index (χ3v) is 9.32. The van der Waals surface area contributed by atoms with Crippen LogP contribution in [0.15, 0.2) is 64.5 Å². The zero-order chi connectivity index (χ0) is 29.7. The Balaban J connectivity index is 1.54. The first kappa shape index (κ1) is 29.9. The molecule has 0 spiro atoms. The van der Waals surface area contributed by atoms with Crippen molar-refractivity contribution < 1.29 is 23.0 Å². The fourth-order valence-corrected chi connectivity index (χ4v) is 6.63. The first-order valence-corrected chi connectivity index (χ1v) is 15.8. The molecule has 5 rings (SSSR count). The van der Waals surface area contributed by atoms with Gasteiger partial charge in [0.25, 0.3) is 5.56 Å². The van der Waals surface area contributed by atoms with E-state index in [-0.39, 0.29) is 35.4 Å². The highest BCUT2D eigenvalue weighted by atomic mass is 32.2. The minimum atomic E-state index is -3.81. The summed E-state index contributed by atoms with van der Waals surface area (Å²) < 4.78 is 41.3. The third kappa shape index (κ3) is 6.41. The molecular weight excluding hydrogens is 558 g/mol. The molecule has 4 aromatic rings. The number of sulfonamides is 1. The summed E-state index contributed by atoms with van der Waals surface area (Å²) in [5, 5.41) is 10.7. The quantitative estimate of drug-likeness (QED) is 0.254. The van der Waals surface area contributed by atoms with Gasteiger partial charge in [0, 0.05) is 13.1 Å². The van der Waals surface area contributed by atoms with Gasteiger partial charge >= 0.3 is 0 Å². The van der Waals surface area contributed by atoms with Gasteiger partial charge in [-0.3, -0.25) is 4.79 Å². The number of aromatic nitrogens is 4. The highest BCUT2D eigenvalue weighted by Crippen LogP contribution is 2.33. The number of fused-ring (bicyclic) bond motifs is 1. The zero-order valence-electron chi connectivity index (χ0n) is 23.9. The van der Waals surface area contributed by atoms with Crippen LogP contribution in [-0.4, -0.2) is 76.4 Å². The molecule has 3 heterocycles. The molecule has 1 aliphatic heterocycles. The predicted molar refractivity (Wildman–Crippen MR) is 159 cm³/mol. The summed E-state index contributed by atoms with van der Waals surface area (Å²) in [6.07, 6.45) is 3.84. The van der Waals surface area contributed by atoms with Crippen molar-refractivity contribution >= 4 is 21.2 Å². The Morgan fingerprint density at radius 2 is 1.90 bits per heavy atom. The maximum absolute atomic E-state index is 13.5. The summed E-state index contributed by atoms with van der Waals surface area (Å²) in [5.74, 6) is 0.564. The maximum Gasteiger partial charge on any atom is 0.279 e. The van der Waals surface area contributed by atoms with Crippen LogP contribution in [0.1, 0.15) is 44.7 Å². The molecule has 224 valence electrons. The molecule has 1 fully saturated rings. The molecule has 2 aromatic carbocycles. The normalized spacial score (nSPS) is 16.0. The van der Waals surface area contributed by atoms with Crippen LogP contribution in [0.2, 0.25) is 0 Å². The van der Waals surface area contributed by atoms with Crippen LogP contribution >= 0.6 is 0 Å². The molecule has 0 radical (unpaired) electrons. The topological polar surface area (TPSA) is 140 Å². The molecule has 1 aliphatic rings. The number of hydrogen-bond acceptors (Lipinski definition) is 8. The smallest absolute Gasteiger partial charge is 0.279 e. The molecule has 11 nitrogen and oxygen atoms in total. The molecule has 2 aromatic heterocycles. The number of aromatic amines is 1. The number of aliphatic hydroxyl groups is 1. The largest absolute Gasteiger partial charge is 0.493 e. The zero-order valence-corrected chi connectivity index (χ0v) is 24.7. The number of nitrogens with one attached hydrogen (secondary N) is 1. The molecule has 2 unspecified atom stereocenters. The van der Waals surface area contributed by atoms with Crippen molar-refractivity contribution in [1.29, 1.82) is 0 Å². The Labute approximate surface area is 245 Å². The molecule has 2 atom stereocenters. The summed E-state index contributed by atoms with van der Waals surface area (Å²) >= 11 is 0. The van der Waals surface area contributed by atoms with Crippen LogP contribution in [0.5, 0.6) is 5.75 Å². The molecule has 0 bridgehead atoms. The van der Waals surface area contributed by atoms with Crippen molar-refractivity contribution in [3.63, 3.8) is 0 Å². The van der Waals surface area contributed by atoms with Gasteiger partial charge in [-0.1, -0.05) is 37.3 Å². The number of aryl methyl sites for hydroxylation is 1. The van der Waals surface area contributed by atoms with Crippen molar-refractivity contribution in [2.75, 3.05) is 32.9 Å². The van der Waals surface area contributed by atoms with Crippen molar-refractivity contribution in [2.24, 2.45) is 0 Å². The average molecular weight is 596 g/mol. The van der Waals surface area contributed by atoms with Gasteiger partial charge < -0.3 is 24.1 Å². The fourth-order valence-electron chi connectivity index (χ4n) is 5.20. The van der Waals surface area contributed by atoms with Gasteiger partial charge in [-0.05, 0) is 56.4 Å². The van der Waals surface area contributed by atoms with Crippen molar-refractivity contribution in [1.82, 2.24) is 23.8 Å². The standard InChI is InChI=1S/C30H37N5O6S/c1-3-16-41-26-13-12-23(42(38,39)34-14-17-40-18-15-34)19-24(26)28-32-29-27(30(37)33-28)31-20-35(29)25(21(2)36)11-7-10-22-8-5-4-6-9-22/h4-6,8-9,12-13,19-21,25,36H,3,7,10-11,14-18H2,1-2H3,(H,32,33,37). The minimum absolute atomic E-state index is 0.0715. The molecule has 2 N–H and O–H groups in total. The molecule has 0 amide bonds. The van der Waals surface area contributed by atoms with Crippen LogP contribution < -0.4 is 10.3 Å². The summed E-state index contributed by atoms with van der Waals surface area (Å²) in [5.41, 5.74) is 1.54. The number of aliphatic hydroxyl groups excluding tert-OH is 1. The number of rotatable bonds is 12. The maximum atomic E-state index is 13.5. The highest BCUT2D eigenvalue weighted by Gasteiger charge is 2.28. The van der Waals surface area contributed by atoms with Gasteiger partial charge in [-0.2, -0.15) is 4.31 Å². The number of morpholine rings is 1. The van der Waals surface area contributed by atoms with Gasteiger partial charge in [-0.25, -0.2) is 18.4 Å². The van der Waals surface area contributed by atoms with Crippen LogP contribution in [0.4, 0.5) is 0 Å². The van der Waals surface area contributed by atoms with Crippen molar-refractivity contribution in [3.8, 4) is 17.1 Å². The van der Waals surface area contributed by atoms with E-state index in [0.717, 1.165) is 19.3 Å². The van der Waals surface area contributed by atoms with Gasteiger partial charge in [-0.15, -0.1) is 0 Å². The first-order chi connectivity index (χ1) is 20.3. The molecular formula is C30H37N5O6S. The summed E-state index contributed by atoms with van der Waals surface area (Å²) in [6.45, 7) is 5.26. The lowest BCUT2D eigenvalue weighted by Gasteiger charge is -2.26. The van der Waals surface area contributed by atoms with Crippen LogP contribution in [0.3, 0.4) is 0 Å². The number of nitrogens with zero attached hydrogens (tertiary/aromatic N) is 4. The van der Waals surface area contributed by atoms with Crippen molar-refractivity contribution in [2.45, 2.75) is 56.6 Å². The Kier molecular flexibility index (Phi) is 9.37. The van der Waals surface area contributed by atoms with E-state index in [1.165, 1.54) is 28.3 Å². The SMILES string of the molecule is CCCOc1ccc(S(=O)(=O)N2CCOCC2)cc1-c1nc2c(ncn2C(CCCc2ccccc2)C(C)O)c(=O)[nH]1. The monoisotopic (exact) mass is 595 g/mol. The lowest BCUT2D eigenvalue weighted by Crippen LogP contribution is -2.40. The average Bonchev–Trinajstić information content (AvgIpc) is 3.43. The second-order valence-electron chi connectivity index (χ2n) is 10.4. The second-order valence-corrected chi connectivity index (χ2v) is 12.4. The van der Waals surface area contributed by atoms with E-state index < -0.39 is 21.7 Å². The number of imidazole rings is 1. The van der Waals surface area contributed by atoms with Gasteiger partial charge in [0.15, 0.2) is 11.2 Å². The van der Waals surface area contributed by atoms with E-state index in [9.17, 15) is 18.3 Å². The van der Waals surface area contributed by atoms with Gasteiger partial charge in [0.05, 0.1) is 48.8 Å². The lowest BCUT2D eigenvalue weighted by atomic mass is 10.0. The Bertz CT molecular complexity index is 1660. The number of H-pyrrole nitrogens is 1. The molecule has 0 aliphatic carbocycles. The minimum Gasteiger partial charge on any atom is -0.493 e. The molecule has 42 heavy (non-hydrogen) atoms. The van der Waals surface area contributed by atoms with E-state index in [1.807, 2.05) is 25.1 Å². The van der Waals surface area contributed by atoms with E-state index >= 15 is 0 Å². The fraction of sp³-hybridized carbons (Fsp3) is 0.433. The summed E-state index contributed by atoms with van der Waals surface area (Å²) in [7, 11) is -3.81. The van der Waals surface area contributed by atoms with E-state index in [1.54, 1.807) is 17.6 Å². The highest BCUT2D eigenvalue weighted by molar-refractivity contribution is 7.89. The Hall–Kier alpha value is -3.58. The lowest BCUT2D eigenvalue weighted by molar-refractivity contribution is 0.0730. The van der Waals surface area contributed by atoms with E-state index in [2.05, 4.69) is 22.1 Å². The van der Waals surface area contributed by atoms with Crippen LogP contribution in [-0.2, 0) is 21.2 Å². The first-order valence-electron chi connectivity index (χ1n) is 14.3. The number of hydrogen-bond donors (Lipinski definition) is 2. The summed E-state index contributed by atoms with van der Waals surface area (Å²) in [4.78, 5) is 25.1. The predicted octanol–water partition coefficient (Wildman–Crippen LogP) is 3.54. The van der Waals surface area contributed by atoms with Crippen LogP contribution in [0.25, 0.3) is 22.6 Å². The molecule has 0 saturated carbocycles. The van der Waals surface area contributed by atoms with Crippen LogP contribution in [0, 0.1) is 0 Å². The Morgan fingerprint density at radius 1 is 1.14 bits per heavy atom. The number of ether oxygens (including phenoxy) is 2. The second kappa shape index (κ2) is 13.2. The van der Waals surface area contributed by atoms with E-state index in [4.69, 9.17) is 14.5 Å². The number of benzene rings is 2. The van der Waals surface area contributed by atoms with Crippen molar-refractivity contribution in [3.05, 3.63) is 70.8 Å². The molecule has 1 saturated heterocycles. The van der Waals surface area contributed by atoms with E-state index in [0.29, 0.717) is 43.2 Å². The third-order valence-electron chi connectivity index (χ3n) is 7.43. The van der Waals surface area contributed by atoms with Gasteiger partial charge in [0.1, 0.15) is 11.6 Å². The molecule has 12 heteroatoms. The van der Waals surface area contributed by atoms with Gasteiger partial charge in [0.2, 0.25) is 10.0 Å².